The maximum Gasteiger partial charge on any atom is 0.262 e. The maximum atomic E-state index is 12.7. The zero-order chi connectivity index (χ0) is 16.7. The van der Waals surface area contributed by atoms with Crippen LogP contribution in [0.5, 0.6) is 0 Å². The lowest BCUT2D eigenvalue weighted by Gasteiger charge is -2.39. The van der Waals surface area contributed by atoms with Gasteiger partial charge in [0.05, 0.1) is 11.7 Å². The second kappa shape index (κ2) is 6.07. The molecule has 1 aliphatic rings. The van der Waals surface area contributed by atoms with Crippen molar-refractivity contribution >= 4 is 27.5 Å². The number of amides is 1. The molecule has 1 aliphatic heterocycles. The molecule has 0 saturated carbocycles. The molecule has 1 fully saturated rings. The van der Waals surface area contributed by atoms with Crippen LogP contribution in [0, 0.1) is 13.8 Å². The molecule has 2 aromatic heterocycles. The maximum absolute atomic E-state index is 12.7. The minimum Gasteiger partial charge on any atom is -0.336 e. The molecule has 23 heavy (non-hydrogen) atoms. The fourth-order valence-electron chi connectivity index (χ4n) is 3.52. The van der Waals surface area contributed by atoms with Crippen LogP contribution >= 0.6 is 11.3 Å². The van der Waals surface area contributed by atoms with Gasteiger partial charge in [0, 0.05) is 17.0 Å². The fraction of sp³-hybridized carbons (Fsp3) is 0.588. The van der Waals surface area contributed by atoms with Crippen molar-refractivity contribution in [3.05, 3.63) is 27.1 Å². The molecule has 0 aliphatic carbocycles. The number of thiophene rings is 1. The first-order valence-electron chi connectivity index (χ1n) is 8.16. The topological polar surface area (TPSA) is 55.2 Å². The van der Waals surface area contributed by atoms with Crippen molar-refractivity contribution in [2.24, 2.45) is 0 Å². The van der Waals surface area contributed by atoms with Gasteiger partial charge in [0.15, 0.2) is 0 Å². The summed E-state index contributed by atoms with van der Waals surface area (Å²) in [4.78, 5) is 33.6. The number of aromatic nitrogens is 2. The number of rotatable bonds is 2. The fourth-order valence-corrected chi connectivity index (χ4v) is 4.51. The van der Waals surface area contributed by atoms with Crippen molar-refractivity contribution in [1.82, 2.24) is 14.5 Å². The molecule has 2 atom stereocenters. The molecule has 124 valence electrons. The Morgan fingerprint density at radius 1 is 1.30 bits per heavy atom. The third kappa shape index (κ3) is 2.80. The van der Waals surface area contributed by atoms with Crippen molar-refractivity contribution in [3.8, 4) is 0 Å². The summed E-state index contributed by atoms with van der Waals surface area (Å²) in [5, 5.41) is 0.655. The summed E-state index contributed by atoms with van der Waals surface area (Å²) in [5.41, 5.74) is 0.867. The van der Waals surface area contributed by atoms with E-state index >= 15 is 0 Å². The molecule has 0 aromatic carbocycles. The van der Waals surface area contributed by atoms with Crippen LogP contribution in [0.3, 0.4) is 0 Å². The molecule has 5 nitrogen and oxygen atoms in total. The van der Waals surface area contributed by atoms with E-state index in [1.54, 1.807) is 0 Å². The smallest absolute Gasteiger partial charge is 0.262 e. The highest BCUT2D eigenvalue weighted by molar-refractivity contribution is 7.18. The summed E-state index contributed by atoms with van der Waals surface area (Å²) in [7, 11) is 0. The first kappa shape index (κ1) is 16.2. The number of nitrogens with zero attached hydrogens (tertiary/aromatic N) is 3. The Morgan fingerprint density at radius 3 is 2.61 bits per heavy atom. The van der Waals surface area contributed by atoms with E-state index in [0.717, 1.165) is 34.5 Å². The van der Waals surface area contributed by atoms with E-state index in [4.69, 9.17) is 0 Å². The van der Waals surface area contributed by atoms with E-state index in [0.29, 0.717) is 5.39 Å². The van der Waals surface area contributed by atoms with Gasteiger partial charge in [-0.25, -0.2) is 4.98 Å². The summed E-state index contributed by atoms with van der Waals surface area (Å²) in [6.45, 7) is 8.19. The molecule has 0 bridgehead atoms. The summed E-state index contributed by atoms with van der Waals surface area (Å²) in [5.74, 6) is 0.0116. The molecule has 0 spiro atoms. The van der Waals surface area contributed by atoms with Crippen LogP contribution in [0.2, 0.25) is 0 Å². The zero-order valence-corrected chi connectivity index (χ0v) is 14.9. The largest absolute Gasteiger partial charge is 0.336 e. The predicted molar refractivity (Wildman–Crippen MR) is 93.0 cm³/mol. The lowest BCUT2D eigenvalue weighted by Crippen LogP contribution is -2.49. The molecule has 1 saturated heterocycles. The number of hydrogen-bond acceptors (Lipinski definition) is 4. The Labute approximate surface area is 139 Å². The minimum atomic E-state index is -0.109. The van der Waals surface area contributed by atoms with Crippen molar-refractivity contribution < 1.29 is 4.79 Å². The van der Waals surface area contributed by atoms with E-state index in [1.165, 1.54) is 22.2 Å². The van der Waals surface area contributed by atoms with E-state index in [1.807, 2.05) is 18.7 Å². The van der Waals surface area contributed by atoms with Gasteiger partial charge in [0.25, 0.3) is 5.56 Å². The standard InChI is InChI=1S/C17H23N3O2S/c1-10-6-5-7-11(2)20(10)14(21)8-19-9-18-16-15(17(19)22)12(3)13(4)23-16/h9-11H,5-8H2,1-4H3/t10-,11-/m1/s1. The Balaban J connectivity index is 1.92. The molecular formula is C17H23N3O2S. The second-order valence-corrected chi connectivity index (χ2v) is 7.77. The Morgan fingerprint density at radius 2 is 1.96 bits per heavy atom. The predicted octanol–water partition coefficient (Wildman–Crippen LogP) is 2.86. The van der Waals surface area contributed by atoms with Crippen LogP contribution in [-0.4, -0.2) is 32.4 Å². The van der Waals surface area contributed by atoms with Gasteiger partial charge < -0.3 is 4.90 Å². The third-order valence-corrected chi connectivity index (χ3v) is 6.06. The Hall–Kier alpha value is -1.69. The third-order valence-electron chi connectivity index (χ3n) is 4.94. The lowest BCUT2D eigenvalue weighted by atomic mass is 9.97. The molecular weight excluding hydrogens is 310 g/mol. The van der Waals surface area contributed by atoms with E-state index in [-0.39, 0.29) is 30.1 Å². The average Bonchev–Trinajstić information content (AvgIpc) is 2.78. The van der Waals surface area contributed by atoms with Crippen LogP contribution in [-0.2, 0) is 11.3 Å². The second-order valence-electron chi connectivity index (χ2n) is 6.57. The highest BCUT2D eigenvalue weighted by Crippen LogP contribution is 2.26. The number of carbonyl (C=O) groups excluding carboxylic acids is 1. The zero-order valence-electron chi connectivity index (χ0n) is 14.1. The molecule has 0 radical (unpaired) electrons. The molecule has 1 amide bonds. The molecule has 6 heteroatoms. The van der Waals surface area contributed by atoms with Crippen LogP contribution in [0.25, 0.3) is 10.2 Å². The Bertz CT molecular complexity index is 798. The SMILES string of the molecule is Cc1sc2ncn(CC(=O)N3[C@H](C)CCC[C@H]3C)c(=O)c2c1C. The number of aryl methyl sites for hydroxylation is 2. The minimum absolute atomic E-state index is 0.0116. The molecule has 3 heterocycles. The van der Waals surface area contributed by atoms with Gasteiger partial charge in [-0.3, -0.25) is 14.2 Å². The summed E-state index contributed by atoms with van der Waals surface area (Å²) < 4.78 is 1.46. The van der Waals surface area contributed by atoms with Gasteiger partial charge in [-0.1, -0.05) is 0 Å². The number of hydrogen-bond donors (Lipinski definition) is 0. The number of likely N-dealkylation sites (tertiary alicyclic amines) is 1. The first-order chi connectivity index (χ1) is 10.9. The van der Waals surface area contributed by atoms with E-state index < -0.39 is 0 Å². The highest BCUT2D eigenvalue weighted by Gasteiger charge is 2.29. The van der Waals surface area contributed by atoms with Gasteiger partial charge >= 0.3 is 0 Å². The average molecular weight is 333 g/mol. The molecule has 0 N–H and O–H groups in total. The first-order valence-corrected chi connectivity index (χ1v) is 8.98. The van der Waals surface area contributed by atoms with Crippen LogP contribution in [0.4, 0.5) is 0 Å². The van der Waals surface area contributed by atoms with Gasteiger partial charge in [0.1, 0.15) is 11.4 Å². The van der Waals surface area contributed by atoms with Gasteiger partial charge in [-0.2, -0.15) is 0 Å². The van der Waals surface area contributed by atoms with Gasteiger partial charge in [-0.15, -0.1) is 11.3 Å². The van der Waals surface area contributed by atoms with Crippen molar-refractivity contribution in [2.45, 2.75) is 65.6 Å². The van der Waals surface area contributed by atoms with Gasteiger partial charge in [-0.05, 0) is 52.5 Å². The Kier molecular flexibility index (Phi) is 4.27. The summed E-state index contributed by atoms with van der Waals surface area (Å²) in [6, 6.07) is 0.479. The normalized spacial score (nSPS) is 21.8. The van der Waals surface area contributed by atoms with Crippen LogP contribution in [0.1, 0.15) is 43.6 Å². The molecule has 2 aromatic rings. The van der Waals surface area contributed by atoms with Crippen molar-refractivity contribution in [3.63, 3.8) is 0 Å². The van der Waals surface area contributed by atoms with Gasteiger partial charge in [0.2, 0.25) is 5.91 Å². The van der Waals surface area contributed by atoms with E-state index in [9.17, 15) is 9.59 Å². The lowest BCUT2D eigenvalue weighted by molar-refractivity contribution is -0.138. The summed E-state index contributed by atoms with van der Waals surface area (Å²) in [6.07, 6.45) is 4.74. The highest BCUT2D eigenvalue weighted by atomic mass is 32.1. The molecule has 3 rings (SSSR count). The van der Waals surface area contributed by atoms with Crippen LogP contribution in [0.15, 0.2) is 11.1 Å². The summed E-state index contributed by atoms with van der Waals surface area (Å²) >= 11 is 1.53. The van der Waals surface area contributed by atoms with Crippen molar-refractivity contribution in [2.75, 3.05) is 0 Å². The monoisotopic (exact) mass is 333 g/mol. The van der Waals surface area contributed by atoms with Crippen LogP contribution < -0.4 is 5.56 Å². The number of piperidine rings is 1. The van der Waals surface area contributed by atoms with Crippen molar-refractivity contribution in [1.29, 1.82) is 0 Å². The van der Waals surface area contributed by atoms with E-state index in [2.05, 4.69) is 18.8 Å². The quantitative estimate of drug-likeness (QED) is 0.849. The number of carbonyl (C=O) groups is 1. The molecule has 0 unspecified atom stereocenters. The number of fused-ring (bicyclic) bond motifs is 1.